The van der Waals surface area contributed by atoms with Crippen LogP contribution < -0.4 is 5.32 Å². The molecule has 0 bridgehead atoms. The quantitative estimate of drug-likeness (QED) is 0.829. The molecule has 17 heavy (non-hydrogen) atoms. The van der Waals surface area contributed by atoms with E-state index in [4.69, 9.17) is 5.11 Å². The van der Waals surface area contributed by atoms with Gasteiger partial charge in [0.25, 0.3) is 0 Å². The smallest absolute Gasteiger partial charge is 0.307 e. The molecule has 1 fully saturated rings. The minimum absolute atomic E-state index is 0.0845. The third kappa shape index (κ3) is 2.64. The lowest BCUT2D eigenvalue weighted by molar-refractivity contribution is -0.140. The molecule has 1 aliphatic carbocycles. The molecule has 1 aliphatic rings. The highest BCUT2D eigenvalue weighted by Gasteiger charge is 2.48. The molecule has 3 atom stereocenters. The van der Waals surface area contributed by atoms with E-state index in [0.717, 1.165) is 5.56 Å². The second kappa shape index (κ2) is 4.57. The van der Waals surface area contributed by atoms with Gasteiger partial charge in [-0.15, -0.1) is 0 Å². The molecule has 1 aromatic carbocycles. The molecule has 1 saturated carbocycles. The van der Waals surface area contributed by atoms with Crippen LogP contribution in [0.5, 0.6) is 0 Å². The Morgan fingerprint density at radius 1 is 1.29 bits per heavy atom. The zero-order chi connectivity index (χ0) is 12.4. The van der Waals surface area contributed by atoms with Crippen molar-refractivity contribution in [3.63, 3.8) is 0 Å². The monoisotopic (exact) mass is 233 g/mol. The standard InChI is InChI=1S/C13H15NO3/c1-8(9-5-3-2-4-6-9)14-12(15)10-7-11(10)13(16)17/h2-6,8,10-11H,7H2,1H3,(H,14,15)(H,16,17)/t8-,10+,11-/m1/s1. The molecule has 0 spiro atoms. The molecular weight excluding hydrogens is 218 g/mol. The van der Waals surface area contributed by atoms with Gasteiger partial charge in [0.05, 0.1) is 17.9 Å². The maximum atomic E-state index is 11.7. The van der Waals surface area contributed by atoms with E-state index < -0.39 is 11.9 Å². The van der Waals surface area contributed by atoms with E-state index in [1.165, 1.54) is 0 Å². The number of hydrogen-bond donors (Lipinski definition) is 2. The van der Waals surface area contributed by atoms with Crippen molar-refractivity contribution < 1.29 is 14.7 Å². The largest absolute Gasteiger partial charge is 0.481 e. The van der Waals surface area contributed by atoms with Gasteiger partial charge < -0.3 is 10.4 Å². The minimum Gasteiger partial charge on any atom is -0.481 e. The van der Waals surface area contributed by atoms with Crippen LogP contribution in [0.4, 0.5) is 0 Å². The lowest BCUT2D eigenvalue weighted by Crippen LogP contribution is -2.29. The first-order chi connectivity index (χ1) is 8.09. The van der Waals surface area contributed by atoms with Crippen LogP contribution in [-0.2, 0) is 9.59 Å². The van der Waals surface area contributed by atoms with E-state index in [0.29, 0.717) is 6.42 Å². The zero-order valence-corrected chi connectivity index (χ0v) is 9.59. The maximum Gasteiger partial charge on any atom is 0.307 e. The summed E-state index contributed by atoms with van der Waals surface area (Å²) in [7, 11) is 0. The van der Waals surface area contributed by atoms with Crippen molar-refractivity contribution in [2.75, 3.05) is 0 Å². The van der Waals surface area contributed by atoms with Crippen LogP contribution in [0, 0.1) is 11.8 Å². The van der Waals surface area contributed by atoms with Gasteiger partial charge in [0, 0.05) is 0 Å². The van der Waals surface area contributed by atoms with Crippen molar-refractivity contribution in [2.24, 2.45) is 11.8 Å². The second-order valence-corrected chi connectivity index (χ2v) is 4.43. The maximum absolute atomic E-state index is 11.7. The number of aliphatic carboxylic acids is 1. The van der Waals surface area contributed by atoms with Crippen LogP contribution >= 0.6 is 0 Å². The van der Waals surface area contributed by atoms with Crippen LogP contribution in [0.3, 0.4) is 0 Å². The first-order valence-electron chi connectivity index (χ1n) is 5.67. The zero-order valence-electron chi connectivity index (χ0n) is 9.59. The van der Waals surface area contributed by atoms with Gasteiger partial charge in [-0.1, -0.05) is 30.3 Å². The highest BCUT2D eigenvalue weighted by Crippen LogP contribution is 2.39. The molecule has 2 rings (SSSR count). The Kier molecular flexibility index (Phi) is 3.13. The van der Waals surface area contributed by atoms with E-state index in [1.54, 1.807) is 0 Å². The molecule has 2 N–H and O–H groups in total. The Labute approximate surface area is 99.6 Å². The van der Waals surface area contributed by atoms with Gasteiger partial charge in [0.15, 0.2) is 0 Å². The molecule has 0 aromatic heterocycles. The summed E-state index contributed by atoms with van der Waals surface area (Å²) in [5.74, 6) is -1.87. The van der Waals surface area contributed by atoms with Gasteiger partial charge in [0.2, 0.25) is 5.91 Å². The number of benzene rings is 1. The van der Waals surface area contributed by atoms with Crippen LogP contribution in [0.25, 0.3) is 0 Å². The Hall–Kier alpha value is -1.84. The summed E-state index contributed by atoms with van der Waals surface area (Å²) in [4.78, 5) is 22.4. The summed E-state index contributed by atoms with van der Waals surface area (Å²) < 4.78 is 0. The fraction of sp³-hybridized carbons (Fsp3) is 0.385. The number of carbonyl (C=O) groups is 2. The predicted octanol–water partition coefficient (Wildman–Crippen LogP) is 1.58. The topological polar surface area (TPSA) is 66.4 Å². The van der Waals surface area contributed by atoms with Crippen molar-refractivity contribution in [2.45, 2.75) is 19.4 Å². The number of amides is 1. The highest BCUT2D eigenvalue weighted by atomic mass is 16.4. The first kappa shape index (κ1) is 11.6. The van der Waals surface area contributed by atoms with Crippen molar-refractivity contribution in [3.05, 3.63) is 35.9 Å². The molecule has 1 amide bonds. The molecule has 4 heteroatoms. The van der Waals surface area contributed by atoms with Gasteiger partial charge in [-0.05, 0) is 18.9 Å². The highest BCUT2D eigenvalue weighted by molar-refractivity contribution is 5.89. The second-order valence-electron chi connectivity index (χ2n) is 4.43. The molecule has 0 unspecified atom stereocenters. The molecule has 4 nitrogen and oxygen atoms in total. The lowest BCUT2D eigenvalue weighted by Gasteiger charge is -2.13. The van der Waals surface area contributed by atoms with Gasteiger partial charge in [-0.3, -0.25) is 9.59 Å². The average molecular weight is 233 g/mol. The summed E-state index contributed by atoms with van der Waals surface area (Å²) in [6.07, 6.45) is 0.461. The van der Waals surface area contributed by atoms with E-state index in [-0.39, 0.29) is 17.9 Å². The number of hydrogen-bond acceptors (Lipinski definition) is 2. The number of rotatable bonds is 4. The number of carboxylic acid groups (broad SMARTS) is 1. The van der Waals surface area contributed by atoms with Crippen molar-refractivity contribution in [3.8, 4) is 0 Å². The summed E-state index contributed by atoms with van der Waals surface area (Å²) in [6.45, 7) is 1.89. The fourth-order valence-electron chi connectivity index (χ4n) is 1.90. The third-order valence-electron chi connectivity index (χ3n) is 3.10. The fourth-order valence-corrected chi connectivity index (χ4v) is 1.90. The first-order valence-corrected chi connectivity index (χ1v) is 5.67. The van der Waals surface area contributed by atoms with E-state index >= 15 is 0 Å². The van der Waals surface area contributed by atoms with Gasteiger partial charge in [-0.2, -0.15) is 0 Å². The molecule has 0 heterocycles. The molecule has 0 aliphatic heterocycles. The number of carbonyl (C=O) groups excluding carboxylic acids is 1. The van der Waals surface area contributed by atoms with Crippen molar-refractivity contribution in [1.82, 2.24) is 5.32 Å². The van der Waals surface area contributed by atoms with E-state index in [9.17, 15) is 9.59 Å². The van der Waals surface area contributed by atoms with Gasteiger partial charge in [0.1, 0.15) is 0 Å². The molecule has 0 radical (unpaired) electrons. The number of nitrogens with one attached hydrogen (secondary N) is 1. The SMILES string of the molecule is C[C@@H](NC(=O)[C@H]1C[C@H]1C(=O)O)c1ccccc1. The normalized spacial score (nSPS) is 23.8. The van der Waals surface area contributed by atoms with Crippen LogP contribution in [0.15, 0.2) is 30.3 Å². The molecule has 1 aromatic rings. The Morgan fingerprint density at radius 3 is 2.47 bits per heavy atom. The molecular formula is C13H15NO3. The van der Waals surface area contributed by atoms with E-state index in [1.807, 2.05) is 37.3 Å². The van der Waals surface area contributed by atoms with Gasteiger partial charge in [-0.25, -0.2) is 0 Å². The van der Waals surface area contributed by atoms with Gasteiger partial charge >= 0.3 is 5.97 Å². The van der Waals surface area contributed by atoms with Crippen LogP contribution in [0.1, 0.15) is 24.9 Å². The minimum atomic E-state index is -0.877. The summed E-state index contributed by atoms with van der Waals surface area (Å²) in [5, 5.41) is 11.6. The third-order valence-corrected chi connectivity index (χ3v) is 3.10. The van der Waals surface area contributed by atoms with Crippen LogP contribution in [0.2, 0.25) is 0 Å². The molecule has 0 saturated heterocycles. The predicted molar refractivity (Wildman–Crippen MR) is 62.2 cm³/mol. The Morgan fingerprint density at radius 2 is 1.94 bits per heavy atom. The Balaban J connectivity index is 1.90. The lowest BCUT2D eigenvalue weighted by atomic mass is 10.1. The molecule has 90 valence electrons. The summed E-state index contributed by atoms with van der Waals surface area (Å²) in [5.41, 5.74) is 1.02. The summed E-state index contributed by atoms with van der Waals surface area (Å²) >= 11 is 0. The number of carboxylic acids is 1. The van der Waals surface area contributed by atoms with Crippen LogP contribution in [-0.4, -0.2) is 17.0 Å². The Bertz CT molecular complexity index is 430. The summed E-state index contributed by atoms with van der Waals surface area (Å²) in [6, 6.07) is 9.53. The van der Waals surface area contributed by atoms with Crippen molar-refractivity contribution >= 4 is 11.9 Å². The van der Waals surface area contributed by atoms with E-state index in [2.05, 4.69) is 5.32 Å². The average Bonchev–Trinajstić information content (AvgIpc) is 3.10. The van der Waals surface area contributed by atoms with Crippen molar-refractivity contribution in [1.29, 1.82) is 0 Å².